The van der Waals surface area contributed by atoms with Gasteiger partial charge < -0.3 is 4.57 Å². The summed E-state index contributed by atoms with van der Waals surface area (Å²) in [5.41, 5.74) is 3.08. The van der Waals surface area contributed by atoms with E-state index in [-0.39, 0.29) is 6.04 Å². The number of aromatic nitrogens is 2. The van der Waals surface area contributed by atoms with Gasteiger partial charge in [0.1, 0.15) is 11.9 Å². The van der Waals surface area contributed by atoms with Crippen LogP contribution in [0.15, 0.2) is 30.3 Å². The fourth-order valence-electron chi connectivity index (χ4n) is 3.37. The van der Waals surface area contributed by atoms with Crippen molar-refractivity contribution in [1.29, 1.82) is 5.26 Å². The summed E-state index contributed by atoms with van der Waals surface area (Å²) in [5, 5.41) is 9.73. The van der Waals surface area contributed by atoms with E-state index in [0.29, 0.717) is 0 Å². The van der Waals surface area contributed by atoms with Gasteiger partial charge in [0.2, 0.25) is 0 Å². The smallest absolute Gasteiger partial charge is 0.140 e. The Bertz CT molecular complexity index is 675. The Morgan fingerprint density at radius 3 is 2.45 bits per heavy atom. The van der Waals surface area contributed by atoms with E-state index in [4.69, 9.17) is 4.98 Å². The first kappa shape index (κ1) is 14.8. The quantitative estimate of drug-likeness (QED) is 0.871. The Labute approximate surface area is 132 Å². The van der Waals surface area contributed by atoms with Gasteiger partial charge in [-0.3, -0.25) is 4.90 Å². The third-order valence-corrected chi connectivity index (χ3v) is 4.49. The van der Waals surface area contributed by atoms with E-state index in [0.717, 1.165) is 35.9 Å². The maximum Gasteiger partial charge on any atom is 0.140 e. The van der Waals surface area contributed by atoms with Crippen molar-refractivity contribution >= 4 is 0 Å². The summed E-state index contributed by atoms with van der Waals surface area (Å²) in [6, 6.07) is 12.5. The van der Waals surface area contributed by atoms with Crippen LogP contribution in [0.4, 0.5) is 0 Å². The second kappa shape index (κ2) is 6.33. The molecule has 2 aromatic rings. The maximum absolute atomic E-state index is 9.73. The van der Waals surface area contributed by atoms with Crippen molar-refractivity contribution in [3.05, 3.63) is 41.7 Å². The highest BCUT2D eigenvalue weighted by Crippen LogP contribution is 2.29. The van der Waals surface area contributed by atoms with Gasteiger partial charge in [-0.05, 0) is 32.9 Å². The molecule has 4 nitrogen and oxygen atoms in total. The average Bonchev–Trinajstić information content (AvgIpc) is 2.86. The van der Waals surface area contributed by atoms with E-state index in [1.54, 1.807) is 0 Å². The van der Waals surface area contributed by atoms with Crippen LogP contribution in [0.25, 0.3) is 11.4 Å². The van der Waals surface area contributed by atoms with E-state index >= 15 is 0 Å². The number of hydrogen-bond donors (Lipinski definition) is 0. The maximum atomic E-state index is 9.73. The average molecular weight is 294 g/mol. The first-order valence-corrected chi connectivity index (χ1v) is 7.94. The number of nitrogens with zero attached hydrogens (tertiary/aromatic N) is 4. The van der Waals surface area contributed by atoms with Crippen LogP contribution in [-0.2, 0) is 7.05 Å². The number of benzene rings is 1. The van der Waals surface area contributed by atoms with Crippen molar-refractivity contribution in [2.75, 3.05) is 13.1 Å². The molecule has 0 bridgehead atoms. The topological polar surface area (TPSA) is 44.9 Å². The molecular formula is C18H22N4. The van der Waals surface area contributed by atoms with Crippen molar-refractivity contribution in [2.45, 2.75) is 32.2 Å². The Balaban J connectivity index is 2.00. The second-order valence-corrected chi connectivity index (χ2v) is 5.96. The molecule has 1 saturated heterocycles. The molecule has 1 fully saturated rings. The lowest BCUT2D eigenvalue weighted by molar-refractivity contribution is 0.191. The Morgan fingerprint density at radius 1 is 1.14 bits per heavy atom. The van der Waals surface area contributed by atoms with E-state index in [1.165, 1.54) is 19.3 Å². The molecule has 4 heteroatoms. The van der Waals surface area contributed by atoms with Crippen molar-refractivity contribution in [3.8, 4) is 17.5 Å². The van der Waals surface area contributed by atoms with Gasteiger partial charge >= 0.3 is 0 Å². The molecule has 1 aromatic heterocycles. The number of piperidine rings is 1. The Hall–Kier alpha value is -2.12. The number of imidazole rings is 1. The van der Waals surface area contributed by atoms with Crippen LogP contribution in [0.3, 0.4) is 0 Å². The molecule has 1 unspecified atom stereocenters. The van der Waals surface area contributed by atoms with Crippen LogP contribution in [0.1, 0.15) is 36.7 Å². The van der Waals surface area contributed by atoms with E-state index in [1.807, 2.05) is 32.2 Å². The van der Waals surface area contributed by atoms with E-state index in [9.17, 15) is 5.26 Å². The first-order valence-electron chi connectivity index (χ1n) is 7.94. The summed E-state index contributed by atoms with van der Waals surface area (Å²) in [6.45, 7) is 4.02. The number of rotatable bonds is 3. The van der Waals surface area contributed by atoms with Crippen LogP contribution >= 0.6 is 0 Å². The first-order chi connectivity index (χ1) is 10.7. The molecule has 0 N–H and O–H groups in total. The summed E-state index contributed by atoms with van der Waals surface area (Å²) < 4.78 is 2.09. The van der Waals surface area contributed by atoms with Gasteiger partial charge in [0.25, 0.3) is 0 Å². The molecule has 114 valence electrons. The molecule has 1 aromatic carbocycles. The summed E-state index contributed by atoms with van der Waals surface area (Å²) in [7, 11) is 2.02. The largest absolute Gasteiger partial charge is 0.329 e. The van der Waals surface area contributed by atoms with Crippen molar-refractivity contribution < 1.29 is 0 Å². The molecule has 0 amide bonds. The molecule has 0 saturated carbocycles. The van der Waals surface area contributed by atoms with Gasteiger partial charge in [0.05, 0.1) is 17.5 Å². The van der Waals surface area contributed by atoms with Crippen molar-refractivity contribution in [1.82, 2.24) is 14.5 Å². The highest BCUT2D eigenvalue weighted by molar-refractivity contribution is 5.57. The molecule has 0 spiro atoms. The zero-order valence-electron chi connectivity index (χ0n) is 13.3. The van der Waals surface area contributed by atoms with Gasteiger partial charge in [-0.2, -0.15) is 5.26 Å². The summed E-state index contributed by atoms with van der Waals surface area (Å²) in [5.74, 6) is 0.936. The lowest BCUT2D eigenvalue weighted by Gasteiger charge is -2.31. The molecule has 2 heterocycles. The minimum absolute atomic E-state index is 0.199. The summed E-state index contributed by atoms with van der Waals surface area (Å²) >= 11 is 0. The highest BCUT2D eigenvalue weighted by atomic mass is 15.2. The minimum atomic E-state index is -0.199. The number of aryl methyl sites for hydroxylation is 1. The lowest BCUT2D eigenvalue weighted by Crippen LogP contribution is -2.34. The monoisotopic (exact) mass is 294 g/mol. The fraction of sp³-hybridized carbons (Fsp3) is 0.444. The molecule has 3 rings (SSSR count). The molecule has 0 aliphatic carbocycles. The standard InChI is InChI=1S/C18H22N4/c1-14-17(16(13-19)22-11-7-4-8-12-22)21(2)18(20-14)15-9-5-3-6-10-15/h3,5-6,9-10,16H,4,7-8,11-12H2,1-2H3. The van der Waals surface area contributed by atoms with Crippen LogP contribution in [0, 0.1) is 18.3 Å². The highest BCUT2D eigenvalue weighted by Gasteiger charge is 2.27. The fourth-order valence-corrected chi connectivity index (χ4v) is 3.37. The SMILES string of the molecule is Cc1nc(-c2ccccc2)n(C)c1C(C#N)N1CCCCC1. The molecule has 1 atom stereocenters. The molecule has 1 aliphatic heterocycles. The number of nitriles is 1. The van der Waals surface area contributed by atoms with E-state index < -0.39 is 0 Å². The minimum Gasteiger partial charge on any atom is -0.329 e. The van der Waals surface area contributed by atoms with Crippen molar-refractivity contribution in [2.24, 2.45) is 7.05 Å². The van der Waals surface area contributed by atoms with Crippen LogP contribution in [0.2, 0.25) is 0 Å². The summed E-state index contributed by atoms with van der Waals surface area (Å²) in [4.78, 5) is 7.02. The van der Waals surface area contributed by atoms with Gasteiger partial charge in [0.15, 0.2) is 0 Å². The number of likely N-dealkylation sites (tertiary alicyclic amines) is 1. The predicted octanol–water partition coefficient (Wildman–Crippen LogP) is 3.45. The van der Waals surface area contributed by atoms with Crippen LogP contribution in [0.5, 0.6) is 0 Å². The number of hydrogen-bond acceptors (Lipinski definition) is 3. The molecule has 1 aliphatic rings. The third-order valence-electron chi connectivity index (χ3n) is 4.49. The second-order valence-electron chi connectivity index (χ2n) is 5.96. The van der Waals surface area contributed by atoms with Gasteiger partial charge in [-0.1, -0.05) is 36.8 Å². The van der Waals surface area contributed by atoms with Crippen LogP contribution in [-0.4, -0.2) is 27.5 Å². The molecular weight excluding hydrogens is 272 g/mol. The van der Waals surface area contributed by atoms with Crippen molar-refractivity contribution in [3.63, 3.8) is 0 Å². The Kier molecular flexibility index (Phi) is 4.26. The molecule has 0 radical (unpaired) electrons. The third kappa shape index (κ3) is 2.65. The lowest BCUT2D eigenvalue weighted by atomic mass is 10.1. The molecule has 22 heavy (non-hydrogen) atoms. The van der Waals surface area contributed by atoms with Crippen LogP contribution < -0.4 is 0 Å². The van der Waals surface area contributed by atoms with Gasteiger partial charge in [-0.15, -0.1) is 0 Å². The zero-order valence-corrected chi connectivity index (χ0v) is 13.3. The zero-order chi connectivity index (χ0) is 15.5. The van der Waals surface area contributed by atoms with E-state index in [2.05, 4.69) is 27.7 Å². The van der Waals surface area contributed by atoms with Gasteiger partial charge in [0, 0.05) is 12.6 Å². The van der Waals surface area contributed by atoms with Gasteiger partial charge in [-0.25, -0.2) is 4.98 Å². The normalized spacial score (nSPS) is 17.1. The Morgan fingerprint density at radius 2 is 1.82 bits per heavy atom. The predicted molar refractivity (Wildman–Crippen MR) is 87.2 cm³/mol. The summed E-state index contributed by atoms with van der Waals surface area (Å²) in [6.07, 6.45) is 3.63.